The average Bonchev–Trinajstić information content (AvgIpc) is 2.39. The molecule has 19 heavy (non-hydrogen) atoms. The molecule has 6 nitrogen and oxygen atoms in total. The Morgan fingerprint density at radius 2 is 1.79 bits per heavy atom. The van der Waals surface area contributed by atoms with Gasteiger partial charge in [0.15, 0.2) is 0 Å². The number of aryl methyl sites for hydroxylation is 1. The minimum atomic E-state index is -2.77. The summed E-state index contributed by atoms with van der Waals surface area (Å²) in [5.41, 5.74) is 0.806. The van der Waals surface area contributed by atoms with Gasteiger partial charge in [0.05, 0.1) is 0 Å². The van der Waals surface area contributed by atoms with Crippen molar-refractivity contribution in [2.45, 2.75) is 20.8 Å². The molecule has 0 fully saturated rings. The average molecular weight is 305 g/mol. The molecule has 0 N–H and O–H groups in total. The third-order valence-corrected chi connectivity index (χ3v) is 4.94. The summed E-state index contributed by atoms with van der Waals surface area (Å²) in [6.45, 7) is 4.85. The molecule has 1 aromatic rings. The summed E-state index contributed by atoms with van der Waals surface area (Å²) in [5.74, 6) is 0.996. The lowest BCUT2D eigenvalue weighted by molar-refractivity contribution is 0.270. The van der Waals surface area contributed by atoms with Gasteiger partial charge in [-0.15, -0.1) is 0 Å². The van der Waals surface area contributed by atoms with E-state index < -0.39 is 6.72 Å². The van der Waals surface area contributed by atoms with Gasteiger partial charge < -0.3 is 18.5 Å². The smallest absolute Gasteiger partial charge is 0.381 e. The second kappa shape index (κ2) is 7.14. The van der Waals surface area contributed by atoms with E-state index in [0.717, 1.165) is 18.8 Å². The number of hydrogen-bond donors (Lipinski definition) is 0. The summed E-state index contributed by atoms with van der Waals surface area (Å²) >= 11 is 5.17. The van der Waals surface area contributed by atoms with Crippen molar-refractivity contribution in [3.63, 3.8) is 0 Å². The van der Waals surface area contributed by atoms with Gasteiger partial charge in [-0.3, -0.25) is 0 Å². The topological polar surface area (TPSA) is 56.7 Å². The van der Waals surface area contributed by atoms with Crippen molar-refractivity contribution >= 4 is 24.5 Å². The van der Waals surface area contributed by atoms with E-state index in [1.54, 1.807) is 6.07 Å². The number of hydrogen-bond acceptors (Lipinski definition) is 7. The standard InChI is InChI=1S/C11H20N3O3PS/c1-6-14(7-2)11-12-9(3)8-10(13-11)17-18(19,15-4)16-5/h8H,6-7H2,1-5H3. The summed E-state index contributed by atoms with van der Waals surface area (Å²) in [7, 11) is 2.92. The first-order valence-corrected chi connectivity index (χ1v) is 8.55. The summed E-state index contributed by atoms with van der Waals surface area (Å²) in [5, 5.41) is 0. The molecule has 8 heteroatoms. The van der Waals surface area contributed by atoms with Gasteiger partial charge in [-0.2, -0.15) is 4.98 Å². The van der Waals surface area contributed by atoms with Crippen LogP contribution < -0.4 is 9.42 Å². The summed E-state index contributed by atoms with van der Waals surface area (Å²) < 4.78 is 15.7. The van der Waals surface area contributed by atoms with Gasteiger partial charge in [-0.25, -0.2) is 4.98 Å². The minimum Gasteiger partial charge on any atom is -0.405 e. The monoisotopic (exact) mass is 305 g/mol. The molecule has 0 spiro atoms. The Hall–Kier alpha value is -0.750. The molecule has 0 bridgehead atoms. The molecule has 108 valence electrons. The highest BCUT2D eigenvalue weighted by Crippen LogP contribution is 2.47. The van der Waals surface area contributed by atoms with Gasteiger partial charge in [-0.05, 0) is 20.8 Å². The van der Waals surface area contributed by atoms with Crippen molar-refractivity contribution in [2.24, 2.45) is 0 Å². The molecule has 0 radical (unpaired) electrons. The molecule has 0 aliphatic rings. The van der Waals surface area contributed by atoms with E-state index in [1.807, 2.05) is 25.7 Å². The third-order valence-electron chi connectivity index (χ3n) is 2.52. The van der Waals surface area contributed by atoms with Gasteiger partial charge in [0, 0.05) is 50.9 Å². The van der Waals surface area contributed by atoms with Crippen molar-refractivity contribution in [3.05, 3.63) is 11.8 Å². The van der Waals surface area contributed by atoms with Crippen molar-refractivity contribution in [1.82, 2.24) is 9.97 Å². The van der Waals surface area contributed by atoms with Gasteiger partial charge in [-0.1, -0.05) is 0 Å². The maximum atomic E-state index is 5.56. The first-order valence-electron chi connectivity index (χ1n) is 5.99. The van der Waals surface area contributed by atoms with E-state index in [1.165, 1.54) is 14.2 Å². The fraction of sp³-hybridized carbons (Fsp3) is 0.636. The second-order valence-corrected chi connectivity index (χ2v) is 6.87. The van der Waals surface area contributed by atoms with Crippen LogP contribution in [0.2, 0.25) is 0 Å². The Labute approximate surface area is 119 Å². The van der Waals surface area contributed by atoms with Crippen LogP contribution in [0.25, 0.3) is 0 Å². The van der Waals surface area contributed by atoms with E-state index in [9.17, 15) is 0 Å². The fourth-order valence-electron chi connectivity index (χ4n) is 1.48. The molecule has 0 saturated carbocycles. The normalized spacial score (nSPS) is 11.4. The first-order chi connectivity index (χ1) is 8.97. The van der Waals surface area contributed by atoms with Crippen LogP contribution in [-0.2, 0) is 20.9 Å². The zero-order chi connectivity index (χ0) is 14.5. The van der Waals surface area contributed by atoms with Crippen LogP contribution in [-0.4, -0.2) is 37.3 Å². The fourth-order valence-corrected chi connectivity index (χ4v) is 2.33. The largest absolute Gasteiger partial charge is 0.405 e. The van der Waals surface area contributed by atoms with Crippen LogP contribution in [0.1, 0.15) is 19.5 Å². The highest BCUT2D eigenvalue weighted by Gasteiger charge is 2.20. The van der Waals surface area contributed by atoms with Crippen molar-refractivity contribution < 1.29 is 13.6 Å². The molecule has 0 atom stereocenters. The predicted octanol–water partition coefficient (Wildman–Crippen LogP) is 2.53. The zero-order valence-electron chi connectivity index (χ0n) is 11.9. The maximum Gasteiger partial charge on any atom is 0.381 e. The Morgan fingerprint density at radius 1 is 1.21 bits per heavy atom. The lowest BCUT2D eigenvalue weighted by Crippen LogP contribution is -2.24. The van der Waals surface area contributed by atoms with Gasteiger partial charge in [0.2, 0.25) is 11.8 Å². The van der Waals surface area contributed by atoms with Crippen LogP contribution in [0.15, 0.2) is 6.07 Å². The maximum absolute atomic E-state index is 5.56. The molecule has 1 heterocycles. The summed E-state index contributed by atoms with van der Waals surface area (Å²) in [4.78, 5) is 10.8. The first kappa shape index (κ1) is 16.3. The molecule has 1 rings (SSSR count). The van der Waals surface area contributed by atoms with Crippen molar-refractivity contribution in [1.29, 1.82) is 0 Å². The van der Waals surface area contributed by atoms with E-state index in [2.05, 4.69) is 9.97 Å². The lowest BCUT2D eigenvalue weighted by atomic mass is 10.4. The van der Waals surface area contributed by atoms with Gasteiger partial charge in [0.1, 0.15) is 0 Å². The highest BCUT2D eigenvalue weighted by molar-refractivity contribution is 8.07. The Balaban J connectivity index is 3.06. The van der Waals surface area contributed by atoms with Crippen LogP contribution >= 0.6 is 6.72 Å². The molecule has 0 saturated heterocycles. The number of anilines is 1. The van der Waals surface area contributed by atoms with Crippen LogP contribution in [0.4, 0.5) is 5.95 Å². The van der Waals surface area contributed by atoms with E-state index in [0.29, 0.717) is 11.8 Å². The van der Waals surface area contributed by atoms with Crippen molar-refractivity contribution in [2.75, 3.05) is 32.2 Å². The predicted molar refractivity (Wildman–Crippen MR) is 79.3 cm³/mol. The molecule has 0 aliphatic heterocycles. The number of rotatable bonds is 7. The van der Waals surface area contributed by atoms with Crippen LogP contribution in [0.5, 0.6) is 5.88 Å². The zero-order valence-corrected chi connectivity index (χ0v) is 13.6. The van der Waals surface area contributed by atoms with E-state index in [-0.39, 0.29) is 0 Å². The quantitative estimate of drug-likeness (QED) is 0.717. The Kier molecular flexibility index (Phi) is 6.13. The van der Waals surface area contributed by atoms with Crippen LogP contribution in [0.3, 0.4) is 0 Å². The molecule has 0 aliphatic carbocycles. The Bertz CT molecular complexity index is 460. The Morgan fingerprint density at radius 3 is 2.26 bits per heavy atom. The molecule has 0 aromatic carbocycles. The van der Waals surface area contributed by atoms with Gasteiger partial charge in [0.25, 0.3) is 0 Å². The minimum absolute atomic E-state index is 0.376. The number of aromatic nitrogens is 2. The van der Waals surface area contributed by atoms with Crippen LogP contribution in [0, 0.1) is 6.92 Å². The highest BCUT2D eigenvalue weighted by atomic mass is 32.5. The molecule has 0 unspecified atom stereocenters. The third kappa shape index (κ3) is 4.38. The second-order valence-electron chi connectivity index (χ2n) is 3.72. The molecule has 1 aromatic heterocycles. The summed E-state index contributed by atoms with van der Waals surface area (Å²) in [6, 6.07) is 1.71. The molecular weight excluding hydrogens is 285 g/mol. The lowest BCUT2D eigenvalue weighted by Gasteiger charge is -2.21. The SMILES string of the molecule is CCN(CC)c1nc(C)cc(OP(=S)(OC)OC)n1. The van der Waals surface area contributed by atoms with E-state index in [4.69, 9.17) is 25.4 Å². The van der Waals surface area contributed by atoms with E-state index >= 15 is 0 Å². The summed E-state index contributed by atoms with van der Waals surface area (Å²) in [6.07, 6.45) is 0. The molecule has 0 amide bonds. The molecular formula is C11H20N3O3PS. The van der Waals surface area contributed by atoms with Gasteiger partial charge >= 0.3 is 6.72 Å². The number of nitrogens with zero attached hydrogens (tertiary/aromatic N) is 3. The van der Waals surface area contributed by atoms with Crippen molar-refractivity contribution in [3.8, 4) is 5.88 Å².